The van der Waals surface area contributed by atoms with Crippen molar-refractivity contribution in [1.29, 1.82) is 0 Å². The zero-order valence-corrected chi connectivity index (χ0v) is 13.1. The Morgan fingerprint density at radius 3 is 2.06 bits per heavy atom. The highest BCUT2D eigenvalue weighted by molar-refractivity contribution is 14.1. The van der Waals surface area contributed by atoms with Gasteiger partial charge in [0.05, 0.1) is 14.2 Å². The molecule has 0 amide bonds. The maximum Gasteiger partial charge on any atom is 0.161 e. The molecule has 0 aliphatic heterocycles. The molecule has 0 saturated carbocycles. The van der Waals surface area contributed by atoms with Crippen molar-refractivity contribution in [3.8, 4) is 11.5 Å². The van der Waals surface area contributed by atoms with Crippen LogP contribution in [0.5, 0.6) is 11.5 Å². The number of halogens is 1. The van der Waals surface area contributed by atoms with Crippen LogP contribution in [0, 0.1) is 3.57 Å². The molecule has 0 aliphatic rings. The molecule has 2 nitrogen and oxygen atoms in total. The van der Waals surface area contributed by atoms with Crippen molar-refractivity contribution in [2.75, 3.05) is 14.2 Å². The molecule has 0 bridgehead atoms. The van der Waals surface area contributed by atoms with Gasteiger partial charge in [0.2, 0.25) is 0 Å². The minimum absolute atomic E-state index is 0.754. The van der Waals surface area contributed by atoms with Gasteiger partial charge < -0.3 is 9.47 Å². The summed E-state index contributed by atoms with van der Waals surface area (Å²) in [5.41, 5.74) is 0. The monoisotopic (exact) mass is 372 g/mol. The number of hydrogen-bond acceptors (Lipinski definition) is 3. The number of ether oxygens (including phenoxy) is 2. The second-order valence-electron chi connectivity index (χ2n) is 3.57. The van der Waals surface area contributed by atoms with Gasteiger partial charge in [-0.1, -0.05) is 11.8 Å². The Labute approximate surface area is 125 Å². The Morgan fingerprint density at radius 2 is 1.44 bits per heavy atom. The minimum atomic E-state index is 0.754. The topological polar surface area (TPSA) is 18.5 Å². The van der Waals surface area contributed by atoms with Gasteiger partial charge in [0, 0.05) is 13.4 Å². The van der Waals surface area contributed by atoms with Crippen molar-refractivity contribution in [3.05, 3.63) is 46.0 Å². The van der Waals surface area contributed by atoms with E-state index in [0.717, 1.165) is 16.4 Å². The third kappa shape index (κ3) is 3.32. The fourth-order valence-electron chi connectivity index (χ4n) is 1.52. The van der Waals surface area contributed by atoms with E-state index in [-0.39, 0.29) is 0 Å². The highest BCUT2D eigenvalue weighted by Crippen LogP contribution is 2.35. The molecule has 0 spiro atoms. The minimum Gasteiger partial charge on any atom is -0.493 e. The second kappa shape index (κ2) is 6.33. The van der Waals surface area contributed by atoms with Gasteiger partial charge in [0.1, 0.15) is 0 Å². The summed E-state index contributed by atoms with van der Waals surface area (Å²) >= 11 is 4.01. The summed E-state index contributed by atoms with van der Waals surface area (Å²) in [4.78, 5) is 2.34. The first kappa shape index (κ1) is 13.5. The van der Waals surface area contributed by atoms with Gasteiger partial charge in [0.25, 0.3) is 0 Å². The smallest absolute Gasteiger partial charge is 0.161 e. The third-order valence-corrected chi connectivity index (χ3v) is 4.12. The molecule has 2 rings (SSSR count). The highest BCUT2D eigenvalue weighted by atomic mass is 127. The molecule has 0 aliphatic carbocycles. The SMILES string of the molecule is COc1ccc(Sc2ccc(I)cc2)cc1OC. The van der Waals surface area contributed by atoms with Crippen LogP contribution in [0.15, 0.2) is 52.3 Å². The maximum atomic E-state index is 5.29. The third-order valence-electron chi connectivity index (χ3n) is 2.40. The molecular formula is C14H13IO2S. The molecule has 4 heteroatoms. The molecule has 0 radical (unpaired) electrons. The van der Waals surface area contributed by atoms with Crippen LogP contribution < -0.4 is 9.47 Å². The van der Waals surface area contributed by atoms with Crippen LogP contribution in [0.1, 0.15) is 0 Å². The fourth-order valence-corrected chi connectivity index (χ4v) is 2.72. The van der Waals surface area contributed by atoms with E-state index in [4.69, 9.17) is 9.47 Å². The first-order chi connectivity index (χ1) is 8.72. The van der Waals surface area contributed by atoms with Crippen molar-refractivity contribution < 1.29 is 9.47 Å². The molecule has 0 aromatic heterocycles. The van der Waals surface area contributed by atoms with E-state index in [1.165, 1.54) is 8.47 Å². The zero-order valence-electron chi connectivity index (χ0n) is 10.1. The Hall–Kier alpha value is -0.880. The number of rotatable bonds is 4. The zero-order chi connectivity index (χ0) is 13.0. The van der Waals surface area contributed by atoms with Crippen molar-refractivity contribution in [2.24, 2.45) is 0 Å². The first-order valence-electron chi connectivity index (χ1n) is 5.38. The molecular weight excluding hydrogens is 359 g/mol. The fraction of sp³-hybridized carbons (Fsp3) is 0.143. The average Bonchev–Trinajstić information content (AvgIpc) is 2.41. The lowest BCUT2D eigenvalue weighted by Gasteiger charge is -2.09. The van der Waals surface area contributed by atoms with E-state index in [0.29, 0.717) is 0 Å². The summed E-state index contributed by atoms with van der Waals surface area (Å²) in [6.45, 7) is 0. The lowest BCUT2D eigenvalue weighted by atomic mass is 10.3. The van der Waals surface area contributed by atoms with Crippen LogP contribution in [-0.2, 0) is 0 Å². The molecule has 94 valence electrons. The molecule has 0 unspecified atom stereocenters. The lowest BCUT2D eigenvalue weighted by Crippen LogP contribution is -1.90. The summed E-state index contributed by atoms with van der Waals surface area (Å²) < 4.78 is 11.8. The first-order valence-corrected chi connectivity index (χ1v) is 7.28. The van der Waals surface area contributed by atoms with E-state index in [1.54, 1.807) is 26.0 Å². The molecule has 0 fully saturated rings. The van der Waals surface area contributed by atoms with Crippen LogP contribution in [-0.4, -0.2) is 14.2 Å². The van der Waals surface area contributed by atoms with Gasteiger partial charge in [-0.15, -0.1) is 0 Å². The number of methoxy groups -OCH3 is 2. The molecule has 0 heterocycles. The predicted octanol–water partition coefficient (Wildman–Crippen LogP) is 4.46. The lowest BCUT2D eigenvalue weighted by molar-refractivity contribution is 0.354. The normalized spacial score (nSPS) is 10.2. The summed E-state index contributed by atoms with van der Waals surface area (Å²) in [6.07, 6.45) is 0. The van der Waals surface area contributed by atoms with E-state index >= 15 is 0 Å². The molecule has 0 N–H and O–H groups in total. The summed E-state index contributed by atoms with van der Waals surface area (Å²) in [5, 5.41) is 0. The van der Waals surface area contributed by atoms with Gasteiger partial charge in [-0.3, -0.25) is 0 Å². The standard InChI is InChI=1S/C14H13IO2S/c1-16-13-8-7-12(9-14(13)17-2)18-11-5-3-10(15)4-6-11/h3-9H,1-2H3. The molecule has 0 atom stereocenters. The molecule has 2 aromatic rings. The van der Waals surface area contributed by atoms with Crippen LogP contribution >= 0.6 is 34.4 Å². The van der Waals surface area contributed by atoms with Gasteiger partial charge in [-0.2, -0.15) is 0 Å². The largest absolute Gasteiger partial charge is 0.493 e. The van der Waals surface area contributed by atoms with Gasteiger partial charge in [0.15, 0.2) is 11.5 Å². The van der Waals surface area contributed by atoms with Crippen LogP contribution in [0.2, 0.25) is 0 Å². The Morgan fingerprint density at radius 1 is 0.833 bits per heavy atom. The van der Waals surface area contributed by atoms with Crippen LogP contribution in [0.4, 0.5) is 0 Å². The highest BCUT2D eigenvalue weighted by Gasteiger charge is 2.05. The second-order valence-corrected chi connectivity index (χ2v) is 5.97. The van der Waals surface area contributed by atoms with Gasteiger partial charge in [-0.25, -0.2) is 0 Å². The predicted molar refractivity (Wildman–Crippen MR) is 82.8 cm³/mol. The van der Waals surface area contributed by atoms with E-state index in [2.05, 4.69) is 46.9 Å². The summed E-state index contributed by atoms with van der Waals surface area (Å²) in [6, 6.07) is 14.4. The van der Waals surface area contributed by atoms with Crippen LogP contribution in [0.3, 0.4) is 0 Å². The molecule has 0 saturated heterocycles. The van der Waals surface area contributed by atoms with Gasteiger partial charge in [-0.05, 0) is 65.1 Å². The van der Waals surface area contributed by atoms with Gasteiger partial charge >= 0.3 is 0 Å². The average molecular weight is 372 g/mol. The van der Waals surface area contributed by atoms with Crippen molar-refractivity contribution >= 4 is 34.4 Å². The molecule has 2 aromatic carbocycles. The Kier molecular flexibility index (Phi) is 4.77. The van der Waals surface area contributed by atoms with Crippen molar-refractivity contribution in [1.82, 2.24) is 0 Å². The van der Waals surface area contributed by atoms with Crippen molar-refractivity contribution in [3.63, 3.8) is 0 Å². The summed E-state index contributed by atoms with van der Waals surface area (Å²) in [7, 11) is 3.29. The Bertz CT molecular complexity index is 526. The Balaban J connectivity index is 2.21. The van der Waals surface area contributed by atoms with Crippen molar-refractivity contribution in [2.45, 2.75) is 9.79 Å². The van der Waals surface area contributed by atoms with Crippen LogP contribution in [0.25, 0.3) is 0 Å². The maximum absolute atomic E-state index is 5.29. The number of hydrogen-bond donors (Lipinski definition) is 0. The molecule has 18 heavy (non-hydrogen) atoms. The van der Waals surface area contributed by atoms with E-state index in [1.807, 2.05) is 18.2 Å². The summed E-state index contributed by atoms with van der Waals surface area (Å²) in [5.74, 6) is 1.51. The quantitative estimate of drug-likeness (QED) is 0.739. The van der Waals surface area contributed by atoms with E-state index < -0.39 is 0 Å². The number of benzene rings is 2. The van der Waals surface area contributed by atoms with E-state index in [9.17, 15) is 0 Å².